The van der Waals surface area contributed by atoms with Gasteiger partial charge in [-0.05, 0) is 35.7 Å². The van der Waals surface area contributed by atoms with E-state index in [9.17, 15) is 9.59 Å². The van der Waals surface area contributed by atoms with Crippen LogP contribution in [0.2, 0.25) is 0 Å². The lowest BCUT2D eigenvalue weighted by molar-refractivity contribution is -0.160. The number of pyridine rings is 1. The van der Waals surface area contributed by atoms with Crippen molar-refractivity contribution in [2.45, 2.75) is 24.9 Å². The van der Waals surface area contributed by atoms with Crippen LogP contribution in [0.25, 0.3) is 11.1 Å². The summed E-state index contributed by atoms with van der Waals surface area (Å²) < 4.78 is 5.46. The zero-order chi connectivity index (χ0) is 22.9. The minimum atomic E-state index is -0.153. The standard InChI is InChI=1S/C27H27N3O3/c1-18-5-3-6-21(13-18)19-8-10-20(11-9-19)26-23-15-29(27(32)22-7-4-12-28-14-22)16-25(31)30(23)24(26)17-33-2/h3-14,23-24,26H,15-17H2,1-2H3/t23-,24+,26?/m1/s1. The molecule has 0 bridgehead atoms. The van der Waals surface area contributed by atoms with Gasteiger partial charge in [0.05, 0.1) is 24.3 Å². The Bertz CT molecular complexity index is 1160. The molecule has 33 heavy (non-hydrogen) atoms. The average molecular weight is 442 g/mol. The Morgan fingerprint density at radius 2 is 1.91 bits per heavy atom. The molecule has 1 unspecified atom stereocenters. The largest absolute Gasteiger partial charge is 0.383 e. The molecule has 3 atom stereocenters. The molecule has 3 heterocycles. The number of aromatic nitrogens is 1. The Kier molecular flexibility index (Phi) is 5.68. The Morgan fingerprint density at radius 1 is 1.09 bits per heavy atom. The molecule has 2 aliphatic heterocycles. The number of nitrogens with zero attached hydrogens (tertiary/aromatic N) is 3. The number of rotatable bonds is 5. The Hall–Kier alpha value is -3.51. The fourth-order valence-corrected chi connectivity index (χ4v) is 5.20. The van der Waals surface area contributed by atoms with Gasteiger partial charge in [0, 0.05) is 32.0 Å². The monoisotopic (exact) mass is 441 g/mol. The van der Waals surface area contributed by atoms with Crippen LogP contribution in [0.5, 0.6) is 0 Å². The number of aryl methyl sites for hydroxylation is 1. The van der Waals surface area contributed by atoms with E-state index in [0.717, 1.165) is 11.1 Å². The summed E-state index contributed by atoms with van der Waals surface area (Å²) in [7, 11) is 1.66. The van der Waals surface area contributed by atoms with Crippen LogP contribution in [0.4, 0.5) is 0 Å². The van der Waals surface area contributed by atoms with E-state index < -0.39 is 0 Å². The van der Waals surface area contributed by atoms with Gasteiger partial charge >= 0.3 is 0 Å². The number of hydrogen-bond donors (Lipinski definition) is 0. The minimum absolute atomic E-state index is 0.0204. The molecule has 2 saturated heterocycles. The molecule has 168 valence electrons. The maximum atomic E-state index is 13.0. The quantitative estimate of drug-likeness (QED) is 0.608. The Labute approximate surface area is 193 Å². The summed E-state index contributed by atoms with van der Waals surface area (Å²) in [5.74, 6) is -0.0667. The summed E-state index contributed by atoms with van der Waals surface area (Å²) in [6.07, 6.45) is 3.19. The van der Waals surface area contributed by atoms with Gasteiger partial charge in [0.1, 0.15) is 6.54 Å². The molecule has 1 aromatic heterocycles. The van der Waals surface area contributed by atoms with Gasteiger partial charge < -0.3 is 14.5 Å². The fraction of sp³-hybridized carbons (Fsp3) is 0.296. The molecule has 5 rings (SSSR count). The molecule has 0 spiro atoms. The SMILES string of the molecule is COC[C@H]1C(c2ccc(-c3cccc(C)c3)cc2)[C@H]2CN(C(=O)c3cccnc3)CC(=O)N21. The van der Waals surface area contributed by atoms with Crippen LogP contribution < -0.4 is 0 Å². The molecule has 0 N–H and O–H groups in total. The minimum Gasteiger partial charge on any atom is -0.383 e. The van der Waals surface area contributed by atoms with Crippen molar-refractivity contribution in [1.82, 2.24) is 14.8 Å². The van der Waals surface area contributed by atoms with Crippen LogP contribution in [0.3, 0.4) is 0 Å². The van der Waals surface area contributed by atoms with Crippen molar-refractivity contribution < 1.29 is 14.3 Å². The third-order valence-electron chi connectivity index (χ3n) is 6.75. The second-order valence-corrected chi connectivity index (χ2v) is 8.84. The van der Waals surface area contributed by atoms with E-state index in [1.165, 1.54) is 11.1 Å². The predicted octanol–water partition coefficient (Wildman–Crippen LogP) is 3.52. The number of methoxy groups -OCH3 is 1. The van der Waals surface area contributed by atoms with Crippen molar-refractivity contribution in [3.63, 3.8) is 0 Å². The van der Waals surface area contributed by atoms with E-state index in [0.29, 0.717) is 18.7 Å². The van der Waals surface area contributed by atoms with E-state index in [4.69, 9.17) is 4.74 Å². The van der Waals surface area contributed by atoms with E-state index >= 15 is 0 Å². The maximum Gasteiger partial charge on any atom is 0.255 e. The van der Waals surface area contributed by atoms with Crippen LogP contribution >= 0.6 is 0 Å². The van der Waals surface area contributed by atoms with Gasteiger partial charge in [-0.15, -0.1) is 0 Å². The van der Waals surface area contributed by atoms with Crippen molar-refractivity contribution >= 4 is 11.8 Å². The number of carbonyl (C=O) groups is 2. The van der Waals surface area contributed by atoms with Crippen LogP contribution in [-0.4, -0.2) is 65.5 Å². The maximum absolute atomic E-state index is 13.0. The van der Waals surface area contributed by atoms with Gasteiger partial charge in [-0.25, -0.2) is 0 Å². The molecule has 2 aliphatic rings. The molecular weight excluding hydrogens is 414 g/mol. The molecule has 2 fully saturated rings. The lowest BCUT2D eigenvalue weighted by Crippen LogP contribution is -2.73. The van der Waals surface area contributed by atoms with Gasteiger partial charge in [-0.2, -0.15) is 0 Å². The van der Waals surface area contributed by atoms with Crippen LogP contribution in [-0.2, 0) is 9.53 Å². The highest BCUT2D eigenvalue weighted by Crippen LogP contribution is 2.43. The van der Waals surface area contributed by atoms with Crippen molar-refractivity contribution in [3.8, 4) is 11.1 Å². The summed E-state index contributed by atoms with van der Waals surface area (Å²) in [4.78, 5) is 33.6. The normalized spacial score (nSPS) is 22.0. The van der Waals surface area contributed by atoms with E-state index in [-0.39, 0.29) is 36.4 Å². The van der Waals surface area contributed by atoms with Gasteiger partial charge in [-0.3, -0.25) is 14.6 Å². The number of benzene rings is 2. The summed E-state index contributed by atoms with van der Waals surface area (Å²) in [6, 6.07) is 20.4. The number of hydrogen-bond acceptors (Lipinski definition) is 4. The molecule has 2 aromatic carbocycles. The highest BCUT2D eigenvalue weighted by molar-refractivity contribution is 5.97. The van der Waals surface area contributed by atoms with Crippen molar-refractivity contribution in [2.75, 3.05) is 26.8 Å². The lowest BCUT2D eigenvalue weighted by atomic mass is 9.73. The van der Waals surface area contributed by atoms with Crippen molar-refractivity contribution in [3.05, 3.63) is 89.7 Å². The first-order valence-corrected chi connectivity index (χ1v) is 11.2. The first-order valence-electron chi connectivity index (χ1n) is 11.2. The number of ether oxygens (including phenoxy) is 1. The van der Waals surface area contributed by atoms with Crippen molar-refractivity contribution in [1.29, 1.82) is 0 Å². The van der Waals surface area contributed by atoms with Crippen LogP contribution in [0, 0.1) is 6.92 Å². The Balaban J connectivity index is 1.40. The molecule has 6 heteroatoms. The molecular formula is C27H27N3O3. The van der Waals surface area contributed by atoms with Crippen LogP contribution in [0.15, 0.2) is 73.1 Å². The van der Waals surface area contributed by atoms with Gasteiger partial charge in [0.15, 0.2) is 0 Å². The molecule has 6 nitrogen and oxygen atoms in total. The second-order valence-electron chi connectivity index (χ2n) is 8.84. The fourth-order valence-electron chi connectivity index (χ4n) is 5.20. The molecule has 2 amide bonds. The van der Waals surface area contributed by atoms with Gasteiger partial charge in [-0.1, -0.05) is 54.1 Å². The van der Waals surface area contributed by atoms with E-state index in [1.807, 2.05) is 4.90 Å². The first kappa shape index (κ1) is 21.3. The summed E-state index contributed by atoms with van der Waals surface area (Å²) in [5.41, 5.74) is 5.25. The summed E-state index contributed by atoms with van der Waals surface area (Å²) in [6.45, 7) is 3.16. The topological polar surface area (TPSA) is 62.7 Å². The lowest BCUT2D eigenvalue weighted by Gasteiger charge is -2.59. The summed E-state index contributed by atoms with van der Waals surface area (Å²) >= 11 is 0. The molecule has 0 aliphatic carbocycles. The van der Waals surface area contributed by atoms with Crippen LogP contribution in [0.1, 0.15) is 27.4 Å². The van der Waals surface area contributed by atoms with E-state index in [1.54, 1.807) is 36.5 Å². The third kappa shape index (κ3) is 3.91. The zero-order valence-corrected chi connectivity index (χ0v) is 18.8. The second kappa shape index (κ2) is 8.79. The smallest absolute Gasteiger partial charge is 0.255 e. The highest BCUT2D eigenvalue weighted by atomic mass is 16.5. The zero-order valence-electron chi connectivity index (χ0n) is 18.8. The first-order chi connectivity index (χ1) is 16.1. The number of fused-ring (bicyclic) bond motifs is 1. The average Bonchev–Trinajstić information content (AvgIpc) is 2.83. The number of amides is 2. The predicted molar refractivity (Wildman–Crippen MR) is 126 cm³/mol. The number of carbonyl (C=O) groups excluding carboxylic acids is 2. The summed E-state index contributed by atoms with van der Waals surface area (Å²) in [5, 5.41) is 0. The molecule has 0 radical (unpaired) electrons. The van der Waals surface area contributed by atoms with Gasteiger partial charge in [0.2, 0.25) is 5.91 Å². The third-order valence-corrected chi connectivity index (χ3v) is 6.75. The molecule has 0 saturated carbocycles. The Morgan fingerprint density at radius 3 is 2.61 bits per heavy atom. The highest BCUT2D eigenvalue weighted by Gasteiger charge is 2.54. The van der Waals surface area contributed by atoms with E-state index in [2.05, 4.69) is 60.4 Å². The molecule has 3 aromatic rings. The number of piperazine rings is 1. The van der Waals surface area contributed by atoms with Gasteiger partial charge in [0.25, 0.3) is 5.91 Å². The van der Waals surface area contributed by atoms with Crippen molar-refractivity contribution in [2.24, 2.45) is 0 Å².